The maximum absolute atomic E-state index is 9.98. The summed E-state index contributed by atoms with van der Waals surface area (Å²) in [5, 5.41) is 9.98. The van der Waals surface area contributed by atoms with Gasteiger partial charge in [0.1, 0.15) is 0 Å². The minimum absolute atomic E-state index is 0.391. The molecule has 1 aromatic carbocycles. The molecule has 0 aliphatic heterocycles. The number of ether oxygens (including phenoxy) is 1. The monoisotopic (exact) mass is 272 g/mol. The number of halogens is 1. The van der Waals surface area contributed by atoms with Crippen molar-refractivity contribution in [1.29, 1.82) is 0 Å². The quantitative estimate of drug-likeness (QED) is 0.835. The summed E-state index contributed by atoms with van der Waals surface area (Å²) in [5.74, 6) is 0. The lowest BCUT2D eigenvalue weighted by atomic mass is 10.0. The highest BCUT2D eigenvalue weighted by Crippen LogP contribution is 2.25. The first kappa shape index (κ1) is 12.7. The van der Waals surface area contributed by atoms with Crippen LogP contribution in [0.25, 0.3) is 0 Å². The molecular formula is C12H17BrO2. The van der Waals surface area contributed by atoms with Crippen molar-refractivity contribution in [2.24, 2.45) is 0 Å². The summed E-state index contributed by atoms with van der Waals surface area (Å²) < 4.78 is 5.97. The van der Waals surface area contributed by atoms with Crippen molar-refractivity contribution < 1.29 is 9.84 Å². The number of aryl methyl sites for hydroxylation is 1. The van der Waals surface area contributed by atoms with Gasteiger partial charge in [0.05, 0.1) is 6.10 Å². The number of methoxy groups -OCH3 is 1. The molecule has 0 aromatic heterocycles. The molecule has 0 saturated carbocycles. The molecule has 0 amide bonds. The first-order valence-electron chi connectivity index (χ1n) is 5.08. The van der Waals surface area contributed by atoms with E-state index in [1.165, 1.54) is 0 Å². The molecule has 0 spiro atoms. The van der Waals surface area contributed by atoms with Crippen LogP contribution < -0.4 is 0 Å². The molecule has 1 unspecified atom stereocenters. The number of benzene rings is 1. The largest absolute Gasteiger partial charge is 0.388 e. The lowest BCUT2D eigenvalue weighted by Gasteiger charge is -2.13. The Kier molecular flexibility index (Phi) is 5.29. The Morgan fingerprint density at radius 2 is 2.20 bits per heavy atom. The molecule has 1 aromatic rings. The number of rotatable bonds is 5. The Morgan fingerprint density at radius 3 is 2.87 bits per heavy atom. The van der Waals surface area contributed by atoms with Gasteiger partial charge in [-0.1, -0.05) is 22.0 Å². The van der Waals surface area contributed by atoms with Gasteiger partial charge >= 0.3 is 0 Å². The van der Waals surface area contributed by atoms with E-state index in [0.29, 0.717) is 6.61 Å². The zero-order chi connectivity index (χ0) is 11.3. The predicted molar refractivity (Wildman–Crippen MR) is 64.9 cm³/mol. The van der Waals surface area contributed by atoms with Crippen molar-refractivity contribution in [3.05, 3.63) is 33.8 Å². The summed E-state index contributed by atoms with van der Waals surface area (Å²) >= 11 is 3.41. The standard InChI is InChI=1S/C12H17BrO2/c1-9-5-6-10(13)8-11(9)12(14)4-3-7-15-2/h5-6,8,12,14H,3-4,7H2,1-2H3. The van der Waals surface area contributed by atoms with E-state index in [-0.39, 0.29) is 0 Å². The van der Waals surface area contributed by atoms with Crippen molar-refractivity contribution in [1.82, 2.24) is 0 Å². The number of hydrogen-bond acceptors (Lipinski definition) is 2. The van der Waals surface area contributed by atoms with Gasteiger partial charge < -0.3 is 9.84 Å². The van der Waals surface area contributed by atoms with E-state index in [1.807, 2.05) is 25.1 Å². The van der Waals surface area contributed by atoms with Gasteiger partial charge in [-0.25, -0.2) is 0 Å². The van der Waals surface area contributed by atoms with E-state index < -0.39 is 6.10 Å². The number of aliphatic hydroxyl groups is 1. The second-order valence-corrected chi connectivity index (χ2v) is 4.57. The Bertz CT molecular complexity index is 312. The topological polar surface area (TPSA) is 29.5 Å². The molecule has 15 heavy (non-hydrogen) atoms. The van der Waals surface area contributed by atoms with E-state index in [1.54, 1.807) is 7.11 Å². The van der Waals surface area contributed by atoms with Gasteiger partial charge in [0.25, 0.3) is 0 Å². The Hall–Kier alpha value is -0.380. The smallest absolute Gasteiger partial charge is 0.0793 e. The van der Waals surface area contributed by atoms with Crippen LogP contribution in [0.3, 0.4) is 0 Å². The molecule has 0 aliphatic carbocycles. The third kappa shape index (κ3) is 3.93. The van der Waals surface area contributed by atoms with E-state index in [2.05, 4.69) is 15.9 Å². The summed E-state index contributed by atoms with van der Waals surface area (Å²) in [7, 11) is 1.68. The van der Waals surface area contributed by atoms with E-state index >= 15 is 0 Å². The molecule has 84 valence electrons. The van der Waals surface area contributed by atoms with Crippen molar-refractivity contribution in [3.63, 3.8) is 0 Å². The Morgan fingerprint density at radius 1 is 1.47 bits per heavy atom. The second kappa shape index (κ2) is 6.26. The number of aliphatic hydroxyl groups excluding tert-OH is 1. The van der Waals surface area contributed by atoms with E-state index in [9.17, 15) is 5.11 Å². The molecule has 0 aliphatic rings. The van der Waals surface area contributed by atoms with Gasteiger partial charge in [-0.2, -0.15) is 0 Å². The van der Waals surface area contributed by atoms with Crippen LogP contribution >= 0.6 is 15.9 Å². The molecule has 3 heteroatoms. The van der Waals surface area contributed by atoms with Gasteiger partial charge in [0, 0.05) is 18.2 Å². The average molecular weight is 273 g/mol. The second-order valence-electron chi connectivity index (χ2n) is 3.65. The fourth-order valence-corrected chi connectivity index (χ4v) is 1.93. The zero-order valence-electron chi connectivity index (χ0n) is 9.16. The SMILES string of the molecule is COCCCC(O)c1cc(Br)ccc1C. The predicted octanol–water partition coefficient (Wildman–Crippen LogP) is 3.22. The molecule has 1 atom stereocenters. The van der Waals surface area contributed by atoms with Crippen molar-refractivity contribution in [2.45, 2.75) is 25.9 Å². The summed E-state index contributed by atoms with van der Waals surface area (Å²) in [6, 6.07) is 5.98. The molecule has 0 radical (unpaired) electrons. The van der Waals surface area contributed by atoms with Gasteiger partial charge in [0.2, 0.25) is 0 Å². The van der Waals surface area contributed by atoms with Crippen LogP contribution in [-0.4, -0.2) is 18.8 Å². The molecule has 0 fully saturated rings. The van der Waals surface area contributed by atoms with Gasteiger partial charge in [-0.3, -0.25) is 0 Å². The molecule has 1 rings (SSSR count). The Balaban J connectivity index is 2.64. The summed E-state index contributed by atoms with van der Waals surface area (Å²) in [6.45, 7) is 2.71. The van der Waals surface area contributed by atoms with Crippen LogP contribution in [0.15, 0.2) is 22.7 Å². The van der Waals surface area contributed by atoms with Crippen LogP contribution in [0.2, 0.25) is 0 Å². The highest BCUT2D eigenvalue weighted by atomic mass is 79.9. The maximum atomic E-state index is 9.98. The van der Waals surface area contributed by atoms with E-state index in [4.69, 9.17) is 4.74 Å². The average Bonchev–Trinajstić information content (AvgIpc) is 2.22. The van der Waals surface area contributed by atoms with Gasteiger partial charge in [-0.05, 0) is 43.0 Å². The summed E-state index contributed by atoms with van der Waals surface area (Å²) in [4.78, 5) is 0. The van der Waals surface area contributed by atoms with Crippen molar-refractivity contribution in [2.75, 3.05) is 13.7 Å². The Labute approximate surface area is 99.4 Å². The van der Waals surface area contributed by atoms with Crippen molar-refractivity contribution in [3.8, 4) is 0 Å². The molecule has 0 saturated heterocycles. The van der Waals surface area contributed by atoms with Crippen LogP contribution in [0.4, 0.5) is 0 Å². The molecular weight excluding hydrogens is 256 g/mol. The first-order valence-corrected chi connectivity index (χ1v) is 5.87. The minimum atomic E-state index is -0.391. The third-order valence-corrected chi connectivity index (χ3v) is 2.92. The van der Waals surface area contributed by atoms with Crippen LogP contribution in [-0.2, 0) is 4.74 Å². The fourth-order valence-electron chi connectivity index (χ4n) is 1.55. The molecule has 2 nitrogen and oxygen atoms in total. The van der Waals surface area contributed by atoms with Crippen LogP contribution in [0, 0.1) is 6.92 Å². The third-order valence-electron chi connectivity index (χ3n) is 2.43. The maximum Gasteiger partial charge on any atom is 0.0793 e. The molecule has 0 heterocycles. The van der Waals surface area contributed by atoms with E-state index in [0.717, 1.165) is 28.4 Å². The zero-order valence-corrected chi connectivity index (χ0v) is 10.8. The van der Waals surface area contributed by atoms with Crippen LogP contribution in [0.5, 0.6) is 0 Å². The summed E-state index contributed by atoms with van der Waals surface area (Å²) in [5.41, 5.74) is 2.13. The normalized spacial score (nSPS) is 12.8. The van der Waals surface area contributed by atoms with Crippen LogP contribution in [0.1, 0.15) is 30.1 Å². The molecule has 1 N–H and O–H groups in total. The van der Waals surface area contributed by atoms with Gasteiger partial charge in [0.15, 0.2) is 0 Å². The highest BCUT2D eigenvalue weighted by molar-refractivity contribution is 9.10. The van der Waals surface area contributed by atoms with Gasteiger partial charge in [-0.15, -0.1) is 0 Å². The first-order chi connectivity index (χ1) is 7.15. The highest BCUT2D eigenvalue weighted by Gasteiger charge is 2.10. The van der Waals surface area contributed by atoms with Crippen molar-refractivity contribution >= 4 is 15.9 Å². The lowest BCUT2D eigenvalue weighted by Crippen LogP contribution is -2.02. The minimum Gasteiger partial charge on any atom is -0.388 e. The lowest BCUT2D eigenvalue weighted by molar-refractivity contribution is 0.136. The fraction of sp³-hybridized carbons (Fsp3) is 0.500. The summed E-state index contributed by atoms with van der Waals surface area (Å²) in [6.07, 6.45) is 1.23. The number of hydrogen-bond donors (Lipinski definition) is 1. The molecule has 0 bridgehead atoms.